The van der Waals surface area contributed by atoms with E-state index in [4.69, 9.17) is 0 Å². The Morgan fingerprint density at radius 1 is 1.25 bits per heavy atom. The van der Waals surface area contributed by atoms with Gasteiger partial charge in [0.15, 0.2) is 0 Å². The summed E-state index contributed by atoms with van der Waals surface area (Å²) in [6.45, 7) is 0. The first-order chi connectivity index (χ1) is 4.84. The normalized spacial score (nSPS) is 7.42. The Morgan fingerprint density at radius 2 is 1.75 bits per heavy atom. The molecule has 0 spiro atoms. The van der Waals surface area contributed by atoms with Crippen molar-refractivity contribution >= 4 is 36.9 Å². The molecule has 0 saturated carbocycles. The van der Waals surface area contributed by atoms with Gasteiger partial charge in [-0.3, -0.25) is 0 Å². The van der Waals surface area contributed by atoms with E-state index >= 15 is 0 Å². The molecule has 1 nitrogen and oxygen atoms in total. The molecule has 0 aromatic heterocycles. The number of para-hydroxylation sites is 1. The maximum Gasteiger partial charge on any atom is 1.00 e. The number of benzene rings is 1. The summed E-state index contributed by atoms with van der Waals surface area (Å²) < 4.78 is 0. The fourth-order valence-electron chi connectivity index (χ4n) is 0.704. The number of rotatable bonds is 2. The third-order valence-corrected chi connectivity index (χ3v) is 1.55. The molecule has 1 aromatic rings. The van der Waals surface area contributed by atoms with E-state index in [9.17, 15) is 0 Å². The van der Waals surface area contributed by atoms with Crippen LogP contribution in [0.4, 0.5) is 5.69 Å². The Kier molecular flexibility index (Phi) is 10.1. The molecule has 0 amide bonds. The molecule has 0 heterocycles. The Morgan fingerprint density at radius 3 is 2.17 bits per heavy atom. The van der Waals surface area contributed by atoms with Gasteiger partial charge in [-0.2, -0.15) is 0 Å². The van der Waals surface area contributed by atoms with Crippen LogP contribution in [-0.2, 0) is 13.5 Å². The minimum atomic E-state index is 0. The molecule has 0 atom stereocenters. The molecule has 60 valence electrons. The summed E-state index contributed by atoms with van der Waals surface area (Å²) in [5, 5.41) is 0. The summed E-state index contributed by atoms with van der Waals surface area (Å²) >= 11 is 4.63. The van der Waals surface area contributed by atoms with Crippen molar-refractivity contribution in [3.05, 3.63) is 30.3 Å². The first-order valence-electron chi connectivity index (χ1n) is 3.01. The van der Waals surface area contributed by atoms with Crippen molar-refractivity contribution in [2.45, 2.75) is 0 Å². The monoisotopic (exact) mass is 206 g/mol. The Hall–Kier alpha value is 0.460. The molecule has 1 aromatic carbocycles. The van der Waals surface area contributed by atoms with E-state index in [0.29, 0.717) is 0 Å². The second-order valence-corrected chi connectivity index (χ2v) is 2.17. The van der Waals surface area contributed by atoms with Crippen molar-refractivity contribution in [3.63, 3.8) is 0 Å². The van der Waals surface area contributed by atoms with Gasteiger partial charge in [-0.15, -0.1) is 17.8 Å². The molecular formula is C8H9NNaS2-. The standard InChI is InChI=1S/C8H8NS.Na.H2S/c1-9(7-10)8-5-3-2-4-6-8;;/h2-6H,1H3;;1H2/q-1;+1;/p-1. The van der Waals surface area contributed by atoms with E-state index < -0.39 is 0 Å². The van der Waals surface area contributed by atoms with Crippen molar-refractivity contribution in [1.29, 1.82) is 0 Å². The van der Waals surface area contributed by atoms with E-state index in [1.807, 2.05) is 37.4 Å². The summed E-state index contributed by atoms with van der Waals surface area (Å²) in [6.07, 6.45) is 0. The SMILES string of the molecule is CN([C-]=S)c1ccccc1.[Na+].[SH-]. The van der Waals surface area contributed by atoms with Crippen LogP contribution < -0.4 is 34.5 Å². The third kappa shape index (κ3) is 4.48. The Bertz CT molecular complexity index is 216. The van der Waals surface area contributed by atoms with E-state index in [1.165, 1.54) is 0 Å². The van der Waals surface area contributed by atoms with E-state index in [2.05, 4.69) is 17.7 Å². The summed E-state index contributed by atoms with van der Waals surface area (Å²) in [5.41, 5.74) is 3.66. The predicted octanol–water partition coefficient (Wildman–Crippen LogP) is -1.31. The summed E-state index contributed by atoms with van der Waals surface area (Å²) in [7, 11) is 1.88. The van der Waals surface area contributed by atoms with Crippen LogP contribution in [0.25, 0.3) is 0 Å². The van der Waals surface area contributed by atoms with E-state index in [-0.39, 0.29) is 43.1 Å². The Labute approximate surface area is 108 Å². The van der Waals surface area contributed by atoms with Gasteiger partial charge < -0.3 is 18.4 Å². The van der Waals surface area contributed by atoms with E-state index in [0.717, 1.165) is 5.69 Å². The number of thiocarbonyl (C=S) groups is 1. The topological polar surface area (TPSA) is 3.24 Å². The van der Waals surface area contributed by atoms with Gasteiger partial charge in [0, 0.05) is 0 Å². The fourth-order valence-corrected chi connectivity index (χ4v) is 0.810. The van der Waals surface area contributed by atoms with Crippen LogP contribution >= 0.6 is 12.2 Å². The number of hydrogen-bond donors (Lipinski definition) is 0. The number of nitrogens with zero attached hydrogens (tertiary/aromatic N) is 1. The summed E-state index contributed by atoms with van der Waals surface area (Å²) in [4.78, 5) is 1.77. The van der Waals surface area contributed by atoms with Gasteiger partial charge in [0.05, 0.1) is 0 Å². The van der Waals surface area contributed by atoms with Crippen LogP contribution in [0.2, 0.25) is 0 Å². The summed E-state index contributed by atoms with van der Waals surface area (Å²) in [6, 6.07) is 9.89. The van der Waals surface area contributed by atoms with Gasteiger partial charge in [0.1, 0.15) is 0 Å². The number of anilines is 1. The molecular weight excluding hydrogens is 197 g/mol. The maximum atomic E-state index is 4.63. The van der Waals surface area contributed by atoms with Gasteiger partial charge in [-0.1, -0.05) is 23.7 Å². The number of thiol groups is 1. The van der Waals surface area contributed by atoms with Crippen LogP contribution in [0, 0.1) is 0 Å². The molecule has 0 fully saturated rings. The minimum absolute atomic E-state index is 0. The van der Waals surface area contributed by atoms with Gasteiger partial charge >= 0.3 is 29.6 Å². The molecule has 0 unspecified atom stereocenters. The quantitative estimate of drug-likeness (QED) is 0.148. The van der Waals surface area contributed by atoms with Crippen molar-refractivity contribution in [2.75, 3.05) is 11.9 Å². The largest absolute Gasteiger partial charge is 1.00 e. The third-order valence-electron chi connectivity index (χ3n) is 1.28. The second-order valence-electron chi connectivity index (χ2n) is 1.99. The zero-order valence-electron chi connectivity index (χ0n) is 7.19. The van der Waals surface area contributed by atoms with Crippen molar-refractivity contribution in [1.82, 2.24) is 0 Å². The smallest absolute Gasteiger partial charge is 0.813 e. The van der Waals surface area contributed by atoms with Gasteiger partial charge in [-0.25, -0.2) is 12.2 Å². The van der Waals surface area contributed by atoms with Crippen molar-refractivity contribution in [2.24, 2.45) is 0 Å². The minimum Gasteiger partial charge on any atom is -0.813 e. The van der Waals surface area contributed by atoms with Gasteiger partial charge in [0.25, 0.3) is 0 Å². The number of hydrogen-bond acceptors (Lipinski definition) is 2. The molecule has 0 aliphatic rings. The molecule has 0 N–H and O–H groups in total. The fraction of sp³-hybridized carbons (Fsp3) is 0.125. The van der Waals surface area contributed by atoms with Crippen LogP contribution in [0.5, 0.6) is 0 Å². The first-order valence-corrected chi connectivity index (χ1v) is 3.42. The molecule has 0 bridgehead atoms. The van der Waals surface area contributed by atoms with E-state index in [1.54, 1.807) is 4.90 Å². The molecule has 0 radical (unpaired) electrons. The molecule has 0 aliphatic carbocycles. The zero-order chi connectivity index (χ0) is 7.40. The molecule has 12 heavy (non-hydrogen) atoms. The van der Waals surface area contributed by atoms with Crippen molar-refractivity contribution < 1.29 is 29.6 Å². The second kappa shape index (κ2) is 8.08. The van der Waals surface area contributed by atoms with Gasteiger partial charge in [-0.05, 0) is 7.05 Å². The average molecular weight is 206 g/mol. The van der Waals surface area contributed by atoms with Crippen LogP contribution in [0.3, 0.4) is 0 Å². The van der Waals surface area contributed by atoms with Gasteiger partial charge in [0.2, 0.25) is 0 Å². The van der Waals surface area contributed by atoms with Crippen LogP contribution in [-0.4, -0.2) is 12.5 Å². The van der Waals surface area contributed by atoms with Crippen LogP contribution in [0.15, 0.2) is 30.3 Å². The zero-order valence-corrected chi connectivity index (χ0v) is 10.9. The van der Waals surface area contributed by atoms with Crippen LogP contribution in [0.1, 0.15) is 0 Å². The average Bonchev–Trinajstić information content (AvgIpc) is 2.05. The Balaban J connectivity index is 0. The first kappa shape index (κ1) is 15.0. The molecule has 1 rings (SSSR count). The maximum absolute atomic E-state index is 4.63. The van der Waals surface area contributed by atoms with Crippen molar-refractivity contribution in [3.8, 4) is 0 Å². The molecule has 0 saturated heterocycles. The predicted molar refractivity (Wildman–Crippen MR) is 56.2 cm³/mol. The molecule has 0 aliphatic heterocycles. The summed E-state index contributed by atoms with van der Waals surface area (Å²) in [5.74, 6) is 0. The molecule has 4 heteroatoms.